The van der Waals surface area contributed by atoms with Crippen LogP contribution in [0.25, 0.3) is 0 Å². The van der Waals surface area contributed by atoms with E-state index in [2.05, 4.69) is 28.7 Å². The summed E-state index contributed by atoms with van der Waals surface area (Å²) < 4.78 is 29.1. The molecule has 0 atom stereocenters. The fourth-order valence-corrected chi connectivity index (χ4v) is 3.70. The van der Waals surface area contributed by atoms with Gasteiger partial charge >= 0.3 is 0 Å². The normalized spacial score (nSPS) is 11.7. The molecule has 0 bridgehead atoms. The molecule has 142 valence electrons. The van der Waals surface area contributed by atoms with Gasteiger partial charge in [0, 0.05) is 0 Å². The number of aryl methyl sites for hydroxylation is 1. The highest BCUT2D eigenvalue weighted by atomic mass is 32.2. The van der Waals surface area contributed by atoms with Crippen molar-refractivity contribution in [3.63, 3.8) is 0 Å². The molecule has 7 heteroatoms. The molecule has 0 aliphatic rings. The van der Waals surface area contributed by atoms with Gasteiger partial charge in [-0.3, -0.25) is 0 Å². The Kier molecular flexibility index (Phi) is 5.60. The second-order valence-electron chi connectivity index (χ2n) is 7.10. The Morgan fingerprint density at radius 2 is 1.63 bits per heavy atom. The van der Waals surface area contributed by atoms with Crippen LogP contribution in [0.2, 0.25) is 0 Å². The van der Waals surface area contributed by atoms with Crippen molar-refractivity contribution >= 4 is 16.0 Å². The third-order valence-electron chi connectivity index (χ3n) is 4.10. The number of nitrogens with one attached hydrogen (secondary N) is 1. The molecule has 0 saturated heterocycles. The number of hydrogen-bond acceptors (Lipinski definition) is 4. The lowest BCUT2D eigenvalue weighted by Crippen LogP contribution is -2.14. The van der Waals surface area contributed by atoms with E-state index in [0.29, 0.717) is 12.5 Å². The summed E-state index contributed by atoms with van der Waals surface area (Å²) in [5, 5.41) is 4.21. The highest BCUT2D eigenvalue weighted by molar-refractivity contribution is 7.92. The maximum Gasteiger partial charge on any atom is 0.264 e. The van der Waals surface area contributed by atoms with Crippen molar-refractivity contribution in [1.29, 1.82) is 0 Å². The van der Waals surface area contributed by atoms with Gasteiger partial charge in [-0.2, -0.15) is 4.98 Å². The predicted molar refractivity (Wildman–Crippen MR) is 106 cm³/mol. The summed E-state index contributed by atoms with van der Waals surface area (Å²) in [4.78, 5) is 4.26. The van der Waals surface area contributed by atoms with Gasteiger partial charge < -0.3 is 0 Å². The molecule has 6 nitrogen and oxygen atoms in total. The van der Waals surface area contributed by atoms with Crippen molar-refractivity contribution in [2.75, 3.05) is 4.72 Å². The summed E-state index contributed by atoms with van der Waals surface area (Å²) in [7, 11) is -3.71. The van der Waals surface area contributed by atoms with E-state index in [1.54, 1.807) is 16.8 Å². The Morgan fingerprint density at radius 1 is 1.00 bits per heavy atom. The second-order valence-corrected chi connectivity index (χ2v) is 8.78. The number of hydrogen-bond donors (Lipinski definition) is 1. The van der Waals surface area contributed by atoms with Gasteiger partial charge in [-0.1, -0.05) is 55.8 Å². The molecular weight excluding hydrogens is 360 g/mol. The second kappa shape index (κ2) is 7.92. The van der Waals surface area contributed by atoms with Crippen LogP contribution in [0.1, 0.15) is 30.5 Å². The Morgan fingerprint density at radius 3 is 2.26 bits per heavy atom. The lowest BCUT2D eigenvalue weighted by atomic mass is 10.0. The molecule has 0 saturated carbocycles. The first kappa shape index (κ1) is 19.1. The SMILES string of the molecule is Cc1ccc(Cn2cnc(NS(=O)(=O)c3ccc(CC(C)C)cc3)n2)cc1. The van der Waals surface area contributed by atoms with Crippen LogP contribution in [0.5, 0.6) is 0 Å². The summed E-state index contributed by atoms with van der Waals surface area (Å²) in [5.41, 5.74) is 3.37. The Hall–Kier alpha value is -2.67. The van der Waals surface area contributed by atoms with Gasteiger partial charge in [0.25, 0.3) is 16.0 Å². The van der Waals surface area contributed by atoms with Crippen LogP contribution in [0.4, 0.5) is 5.95 Å². The van der Waals surface area contributed by atoms with E-state index in [9.17, 15) is 8.42 Å². The number of anilines is 1. The Bertz CT molecular complexity index is 991. The van der Waals surface area contributed by atoms with E-state index in [1.807, 2.05) is 43.3 Å². The standard InChI is InChI=1S/C20H24N4O2S/c1-15(2)12-17-8-10-19(11-9-17)27(25,26)23-20-21-14-24(22-20)13-18-6-4-16(3)5-7-18/h4-11,14-15H,12-13H2,1-3H3,(H,22,23). The average molecular weight is 385 g/mol. The van der Waals surface area contributed by atoms with Crippen LogP contribution in [0.15, 0.2) is 59.8 Å². The molecule has 1 N–H and O–H groups in total. The number of aromatic nitrogens is 3. The van der Waals surface area contributed by atoms with Gasteiger partial charge in [-0.15, -0.1) is 5.10 Å². The van der Waals surface area contributed by atoms with Crippen molar-refractivity contribution in [3.8, 4) is 0 Å². The van der Waals surface area contributed by atoms with E-state index in [0.717, 1.165) is 17.5 Å². The topological polar surface area (TPSA) is 76.9 Å². The van der Waals surface area contributed by atoms with Gasteiger partial charge in [-0.05, 0) is 42.5 Å². The van der Waals surface area contributed by atoms with Crippen LogP contribution in [0.3, 0.4) is 0 Å². The predicted octanol–water partition coefficient (Wildman–Crippen LogP) is 3.63. The lowest BCUT2D eigenvalue weighted by Gasteiger charge is -2.07. The van der Waals surface area contributed by atoms with Crippen molar-refractivity contribution in [2.45, 2.75) is 38.6 Å². The number of nitrogens with zero attached hydrogens (tertiary/aromatic N) is 3. The van der Waals surface area contributed by atoms with E-state index >= 15 is 0 Å². The summed E-state index contributed by atoms with van der Waals surface area (Å²) in [6.45, 7) is 6.82. The quantitative estimate of drug-likeness (QED) is 0.675. The Balaban J connectivity index is 1.69. The van der Waals surface area contributed by atoms with Crippen LogP contribution in [-0.2, 0) is 23.0 Å². The van der Waals surface area contributed by atoms with Gasteiger partial charge in [-0.25, -0.2) is 17.8 Å². The fourth-order valence-electron chi connectivity index (χ4n) is 2.75. The van der Waals surface area contributed by atoms with Gasteiger partial charge in [0.2, 0.25) is 0 Å². The molecule has 1 heterocycles. The van der Waals surface area contributed by atoms with Crippen LogP contribution < -0.4 is 4.72 Å². The third kappa shape index (κ3) is 5.17. The first-order valence-electron chi connectivity index (χ1n) is 8.88. The minimum Gasteiger partial charge on any atom is -0.246 e. The summed E-state index contributed by atoms with van der Waals surface area (Å²) in [5.74, 6) is 0.584. The average Bonchev–Trinajstić information content (AvgIpc) is 3.03. The first-order chi connectivity index (χ1) is 12.8. The Labute approximate surface area is 160 Å². The minimum absolute atomic E-state index is 0.0633. The fraction of sp³-hybridized carbons (Fsp3) is 0.300. The van der Waals surface area contributed by atoms with Gasteiger partial charge in [0.15, 0.2) is 0 Å². The molecule has 0 aliphatic carbocycles. The largest absolute Gasteiger partial charge is 0.264 e. The molecule has 2 aromatic carbocycles. The highest BCUT2D eigenvalue weighted by Gasteiger charge is 2.16. The van der Waals surface area contributed by atoms with Gasteiger partial charge in [0.05, 0.1) is 11.4 Å². The molecule has 0 fully saturated rings. The maximum atomic E-state index is 12.5. The van der Waals surface area contributed by atoms with Crippen molar-refractivity contribution in [3.05, 3.63) is 71.5 Å². The van der Waals surface area contributed by atoms with E-state index in [1.165, 1.54) is 11.9 Å². The minimum atomic E-state index is -3.71. The van der Waals surface area contributed by atoms with Gasteiger partial charge in [0.1, 0.15) is 6.33 Å². The van der Waals surface area contributed by atoms with Crippen LogP contribution in [-0.4, -0.2) is 23.2 Å². The third-order valence-corrected chi connectivity index (χ3v) is 5.45. The maximum absolute atomic E-state index is 12.5. The molecule has 0 radical (unpaired) electrons. The molecular formula is C20H24N4O2S. The van der Waals surface area contributed by atoms with Crippen LogP contribution in [0, 0.1) is 12.8 Å². The zero-order valence-corrected chi connectivity index (χ0v) is 16.6. The van der Waals surface area contributed by atoms with E-state index in [4.69, 9.17) is 0 Å². The van der Waals surface area contributed by atoms with Crippen molar-refractivity contribution in [1.82, 2.24) is 14.8 Å². The molecule has 0 spiro atoms. The molecule has 1 aromatic heterocycles. The molecule has 0 amide bonds. The molecule has 0 aliphatic heterocycles. The molecule has 3 aromatic rings. The summed E-state index contributed by atoms with van der Waals surface area (Å²) in [6, 6.07) is 15.0. The van der Waals surface area contributed by atoms with Crippen molar-refractivity contribution < 1.29 is 8.42 Å². The smallest absolute Gasteiger partial charge is 0.246 e. The molecule has 27 heavy (non-hydrogen) atoms. The highest BCUT2D eigenvalue weighted by Crippen LogP contribution is 2.16. The van der Waals surface area contributed by atoms with Crippen LogP contribution >= 0.6 is 0 Å². The summed E-state index contributed by atoms with van der Waals surface area (Å²) >= 11 is 0. The number of benzene rings is 2. The number of rotatable bonds is 7. The molecule has 0 unspecified atom stereocenters. The lowest BCUT2D eigenvalue weighted by molar-refractivity contribution is 0.600. The first-order valence-corrected chi connectivity index (χ1v) is 10.4. The zero-order valence-electron chi connectivity index (χ0n) is 15.8. The molecule has 3 rings (SSSR count). The van der Waals surface area contributed by atoms with Crippen molar-refractivity contribution in [2.24, 2.45) is 5.92 Å². The summed E-state index contributed by atoms with van der Waals surface area (Å²) in [6.07, 6.45) is 2.43. The monoisotopic (exact) mass is 384 g/mol. The number of sulfonamides is 1. The van der Waals surface area contributed by atoms with E-state index in [-0.39, 0.29) is 10.8 Å². The zero-order chi connectivity index (χ0) is 19.4. The van der Waals surface area contributed by atoms with E-state index < -0.39 is 10.0 Å².